The van der Waals surface area contributed by atoms with Gasteiger partial charge in [0.15, 0.2) is 0 Å². The Bertz CT molecular complexity index is 4350. The molecule has 0 fully saturated rings. The van der Waals surface area contributed by atoms with Gasteiger partial charge in [-0.1, -0.05) is 171 Å². The van der Waals surface area contributed by atoms with Crippen LogP contribution in [-0.4, -0.2) is 73.7 Å². The number of aromatic nitrogens is 1. The van der Waals surface area contributed by atoms with Crippen LogP contribution >= 0.6 is 11.3 Å². The van der Waals surface area contributed by atoms with Crippen LogP contribution in [0.3, 0.4) is 0 Å². The van der Waals surface area contributed by atoms with Crippen LogP contribution < -0.4 is 28.4 Å². The highest BCUT2D eigenvalue weighted by Gasteiger charge is 2.43. The maximum absolute atomic E-state index is 6.55. The maximum Gasteiger partial charge on any atom is 0.130 e. The Labute approximate surface area is 582 Å². The Morgan fingerprint density at radius 3 is 1.43 bits per heavy atom. The van der Waals surface area contributed by atoms with Crippen LogP contribution in [0.5, 0.6) is 34.5 Å². The van der Waals surface area contributed by atoms with E-state index in [1.165, 1.54) is 149 Å². The number of ether oxygens (including phenoxy) is 8. The quantitative estimate of drug-likeness (QED) is 0.0364. The van der Waals surface area contributed by atoms with Crippen LogP contribution in [0.15, 0.2) is 133 Å². The maximum atomic E-state index is 6.55. The molecule has 2 heterocycles. The minimum Gasteiger partial charge on any atom is -0.496 e. The van der Waals surface area contributed by atoms with E-state index >= 15 is 0 Å². The Morgan fingerprint density at radius 2 is 0.814 bits per heavy atom. The zero-order valence-electron chi connectivity index (χ0n) is 60.2. The van der Waals surface area contributed by atoms with Crippen molar-refractivity contribution < 1.29 is 37.9 Å². The zero-order chi connectivity index (χ0) is 68.2. The molecule has 97 heavy (non-hydrogen) atoms. The van der Waals surface area contributed by atoms with Crippen molar-refractivity contribution in [1.29, 1.82) is 0 Å². The van der Waals surface area contributed by atoms with E-state index in [0.29, 0.717) is 37.9 Å². The first-order chi connectivity index (χ1) is 47.4. The molecule has 1 aliphatic rings. The Hall–Kier alpha value is -8.02. The summed E-state index contributed by atoms with van der Waals surface area (Å²) in [6.07, 6.45) is 18.9. The van der Waals surface area contributed by atoms with Gasteiger partial charge in [0.05, 0.1) is 41.7 Å². The molecule has 0 N–H and O–H groups in total. The number of fused-ring (bicyclic) bond motifs is 6. The molecule has 0 spiro atoms. The van der Waals surface area contributed by atoms with Crippen LogP contribution in [0.2, 0.25) is 0 Å². The van der Waals surface area contributed by atoms with Crippen molar-refractivity contribution in [3.8, 4) is 111 Å². The number of unbranched alkanes of at least 4 members (excludes halogenated alkanes) is 9. The van der Waals surface area contributed by atoms with Crippen molar-refractivity contribution >= 4 is 33.1 Å². The summed E-state index contributed by atoms with van der Waals surface area (Å²) in [5.74, 6) is 4.41. The Morgan fingerprint density at radius 1 is 0.351 bits per heavy atom. The van der Waals surface area contributed by atoms with E-state index in [4.69, 9.17) is 37.9 Å². The molecule has 0 saturated carbocycles. The standard InChI is InChI=1S/C87H103NO8S/c1-14-19-22-25-40-87(41-26-23-20-15-2)75-48-58(7)28-34-65(75)66-35-30-62(52-76(66)87)85-63(17-4)64(18-5)86(97-85)74-55-81(91-10)73(54-82(74)92-11)72-53-67(83(93-12)56-84(72)94-13)61-32-37-78-69(51-61)68-49-59(31-36-77(68)88(78)42-27-24-21-16-3)60-33-39-80(96-46-44-90-9)71(50-60)70-47-57(6)29-38-79(70)95-45-43-89-8/h28-39,47-56H,14-27,40-46H2,1-13H3. The molecule has 0 bridgehead atoms. The van der Waals surface area contributed by atoms with Gasteiger partial charge in [-0.2, -0.15) is 0 Å². The molecule has 10 aromatic rings. The molecule has 0 unspecified atom stereocenters. The first kappa shape index (κ1) is 70.3. The van der Waals surface area contributed by atoms with Crippen molar-refractivity contribution in [2.24, 2.45) is 0 Å². The molecule has 510 valence electrons. The van der Waals surface area contributed by atoms with Gasteiger partial charge in [0.25, 0.3) is 0 Å². The van der Waals surface area contributed by atoms with E-state index < -0.39 is 0 Å². The summed E-state index contributed by atoms with van der Waals surface area (Å²) < 4.78 is 51.8. The average molecular weight is 1320 g/mol. The Balaban J connectivity index is 1.01. The van der Waals surface area contributed by atoms with Gasteiger partial charge in [-0.25, -0.2) is 0 Å². The van der Waals surface area contributed by atoms with Gasteiger partial charge in [0.1, 0.15) is 47.7 Å². The summed E-state index contributed by atoms with van der Waals surface area (Å²) in [6.45, 7) is 18.6. The van der Waals surface area contributed by atoms with E-state index in [2.05, 4.69) is 174 Å². The van der Waals surface area contributed by atoms with Crippen molar-refractivity contribution in [3.05, 3.63) is 167 Å². The highest BCUT2D eigenvalue weighted by Crippen LogP contribution is 2.57. The van der Waals surface area contributed by atoms with Crippen LogP contribution in [0.1, 0.15) is 158 Å². The van der Waals surface area contributed by atoms with Crippen molar-refractivity contribution in [3.63, 3.8) is 0 Å². The highest BCUT2D eigenvalue weighted by molar-refractivity contribution is 7.19. The first-order valence-corrected chi connectivity index (χ1v) is 36.8. The lowest BCUT2D eigenvalue weighted by Gasteiger charge is -2.33. The molecule has 11 rings (SSSR count). The van der Waals surface area contributed by atoms with Gasteiger partial charge in [0.2, 0.25) is 0 Å². The van der Waals surface area contributed by atoms with Gasteiger partial charge in [-0.3, -0.25) is 0 Å². The fourth-order valence-corrected chi connectivity index (χ4v) is 16.8. The van der Waals surface area contributed by atoms with Gasteiger partial charge in [0, 0.05) is 97.2 Å². The second kappa shape index (κ2) is 32.6. The topological polar surface area (TPSA) is 78.8 Å². The van der Waals surface area contributed by atoms with Crippen LogP contribution in [0.25, 0.3) is 98.3 Å². The third-order valence-corrected chi connectivity index (χ3v) is 21.7. The van der Waals surface area contributed by atoms with E-state index in [1.807, 2.05) is 23.5 Å². The van der Waals surface area contributed by atoms with Gasteiger partial charge in [-0.15, -0.1) is 11.3 Å². The summed E-state index contributed by atoms with van der Waals surface area (Å²) in [7, 11) is 10.4. The second-order valence-corrected chi connectivity index (χ2v) is 27.5. The van der Waals surface area contributed by atoms with E-state index in [-0.39, 0.29) is 5.41 Å². The molecule has 2 aromatic heterocycles. The summed E-state index contributed by atoms with van der Waals surface area (Å²) >= 11 is 1.91. The fourth-order valence-electron chi connectivity index (χ4n) is 15.3. The molecule has 9 nitrogen and oxygen atoms in total. The molecule has 10 heteroatoms. The number of hydrogen-bond donors (Lipinski definition) is 0. The summed E-state index contributed by atoms with van der Waals surface area (Å²) in [5.41, 5.74) is 23.6. The lowest BCUT2D eigenvalue weighted by atomic mass is 9.70. The number of aryl methyl sites for hydroxylation is 3. The predicted octanol–water partition coefficient (Wildman–Crippen LogP) is 23.5. The molecule has 0 radical (unpaired) electrons. The predicted molar refractivity (Wildman–Crippen MR) is 407 cm³/mol. The van der Waals surface area contributed by atoms with Gasteiger partial charge >= 0.3 is 0 Å². The van der Waals surface area contributed by atoms with Gasteiger partial charge < -0.3 is 42.5 Å². The van der Waals surface area contributed by atoms with Crippen molar-refractivity contribution in [2.45, 2.75) is 163 Å². The summed E-state index contributed by atoms with van der Waals surface area (Å²) in [5, 5.41) is 2.34. The van der Waals surface area contributed by atoms with Gasteiger partial charge in [-0.05, 0) is 174 Å². The fraction of sp³-hybridized carbons (Fsp3) is 0.402. The number of hydrogen-bond acceptors (Lipinski definition) is 9. The SMILES string of the molecule is CCCCCCn1c2ccc(-c3ccc(OCCOC)c(-c4cc(C)ccc4OCCOC)c3)cc2c2cc(-c3cc(-c4cc(OC)c(-c5sc(-c6ccc7c(c6)C(CCCCCC)(CCCCCC)c6cc(C)ccc6-7)c(CC)c5CC)cc4OC)c(OC)cc3OC)ccc21. The normalized spacial score (nSPS) is 12.4. The van der Waals surface area contributed by atoms with E-state index in [0.717, 1.165) is 110 Å². The number of nitrogens with zero attached hydrogens (tertiary/aromatic N) is 1. The number of rotatable bonds is 35. The molecule has 0 amide bonds. The molecule has 0 aliphatic heterocycles. The second-order valence-electron chi connectivity index (χ2n) is 26.5. The highest BCUT2D eigenvalue weighted by atomic mass is 32.1. The first-order valence-electron chi connectivity index (χ1n) is 35.9. The third-order valence-electron chi connectivity index (χ3n) is 20.3. The largest absolute Gasteiger partial charge is 0.496 e. The summed E-state index contributed by atoms with van der Waals surface area (Å²) in [4.78, 5) is 2.57. The van der Waals surface area contributed by atoms with E-state index in [1.54, 1.807) is 48.2 Å². The minimum absolute atomic E-state index is 0.0105. The minimum atomic E-state index is -0.0105. The number of benzene rings is 8. The Kier molecular flexibility index (Phi) is 23.6. The lowest BCUT2D eigenvalue weighted by Crippen LogP contribution is -2.25. The van der Waals surface area contributed by atoms with Crippen LogP contribution in [0.4, 0.5) is 0 Å². The van der Waals surface area contributed by atoms with E-state index in [9.17, 15) is 0 Å². The average Bonchev–Trinajstić information content (AvgIpc) is 1.52. The summed E-state index contributed by atoms with van der Waals surface area (Å²) in [6, 6.07) is 50.0. The van der Waals surface area contributed by atoms with Crippen molar-refractivity contribution in [2.75, 3.05) is 69.1 Å². The zero-order valence-corrected chi connectivity index (χ0v) is 61.0. The van der Waals surface area contributed by atoms with Crippen molar-refractivity contribution in [1.82, 2.24) is 4.57 Å². The van der Waals surface area contributed by atoms with Crippen LogP contribution in [0, 0.1) is 13.8 Å². The monoisotopic (exact) mass is 1320 g/mol. The molecule has 1 aliphatic carbocycles. The molecular formula is C87H103NO8S. The van der Waals surface area contributed by atoms with Crippen LogP contribution in [-0.2, 0) is 34.3 Å². The molecule has 0 saturated heterocycles. The number of methoxy groups -OCH3 is 6. The molecule has 8 aromatic carbocycles. The lowest BCUT2D eigenvalue weighted by molar-refractivity contribution is 0.145. The number of thiophene rings is 1. The molecular weight excluding hydrogens is 1220 g/mol. The smallest absolute Gasteiger partial charge is 0.130 e. The molecule has 0 atom stereocenters. The third kappa shape index (κ3) is 14.5.